The Morgan fingerprint density at radius 2 is 1.88 bits per heavy atom. The fourth-order valence-electron chi connectivity index (χ4n) is 2.35. The van der Waals surface area contributed by atoms with Gasteiger partial charge in [-0.2, -0.15) is 0 Å². The molecule has 0 saturated heterocycles. The van der Waals surface area contributed by atoms with E-state index in [-0.39, 0.29) is 23.5 Å². The van der Waals surface area contributed by atoms with Crippen molar-refractivity contribution in [1.29, 1.82) is 0 Å². The first-order valence-electron chi connectivity index (χ1n) is 7.61. The first-order valence-corrected chi connectivity index (χ1v) is 7.98. The highest BCUT2D eigenvalue weighted by Gasteiger charge is 2.16. The number of nitrogen functional groups attached to an aromatic ring is 1. The van der Waals surface area contributed by atoms with Crippen LogP contribution < -0.4 is 11.1 Å². The van der Waals surface area contributed by atoms with Gasteiger partial charge in [-0.1, -0.05) is 11.6 Å². The van der Waals surface area contributed by atoms with Crippen molar-refractivity contribution in [2.45, 2.75) is 6.54 Å². The molecule has 7 nitrogen and oxygen atoms in total. The number of nitrogens with two attached hydrogens (primary N) is 1. The van der Waals surface area contributed by atoms with Crippen LogP contribution in [0.3, 0.4) is 0 Å². The Balaban J connectivity index is 1.68. The maximum absolute atomic E-state index is 12.2. The molecule has 0 unspecified atom stereocenters. The Labute approximate surface area is 153 Å². The molecule has 1 aromatic heterocycles. The number of furan rings is 1. The first-order chi connectivity index (χ1) is 12.4. The van der Waals surface area contributed by atoms with Gasteiger partial charge in [-0.05, 0) is 48.5 Å². The standard InChI is InChI=1S/C18H14ClN3O4/c19-13-4-1-11(2-5-13)17-8-6-14(26-17)10-21-18(23)12-3-7-15(20)16(9-12)22(24)25/h1-9H,10,20H2,(H,21,23). The number of hydrogen-bond donors (Lipinski definition) is 2. The molecule has 26 heavy (non-hydrogen) atoms. The highest BCUT2D eigenvalue weighted by Crippen LogP contribution is 2.24. The van der Waals surface area contributed by atoms with Crippen LogP contribution in [0, 0.1) is 10.1 Å². The van der Waals surface area contributed by atoms with Gasteiger partial charge in [0.2, 0.25) is 0 Å². The molecule has 0 aliphatic heterocycles. The summed E-state index contributed by atoms with van der Waals surface area (Å²) < 4.78 is 5.69. The molecular formula is C18H14ClN3O4. The average molecular weight is 372 g/mol. The predicted molar refractivity (Wildman–Crippen MR) is 97.8 cm³/mol. The van der Waals surface area contributed by atoms with Crippen LogP contribution in [-0.2, 0) is 6.54 Å². The van der Waals surface area contributed by atoms with Crippen LogP contribution in [-0.4, -0.2) is 10.8 Å². The van der Waals surface area contributed by atoms with E-state index in [2.05, 4.69) is 5.32 Å². The molecule has 0 aliphatic carbocycles. The molecular weight excluding hydrogens is 358 g/mol. The van der Waals surface area contributed by atoms with Gasteiger partial charge in [0.1, 0.15) is 17.2 Å². The summed E-state index contributed by atoms with van der Waals surface area (Å²) in [6.45, 7) is 0.143. The van der Waals surface area contributed by atoms with E-state index >= 15 is 0 Å². The summed E-state index contributed by atoms with van der Waals surface area (Å²) in [6, 6.07) is 14.6. The number of nitro benzene ring substituents is 1. The number of benzene rings is 2. The highest BCUT2D eigenvalue weighted by atomic mass is 35.5. The minimum atomic E-state index is -0.628. The van der Waals surface area contributed by atoms with Crippen LogP contribution in [0.15, 0.2) is 59.0 Å². The third-order valence-electron chi connectivity index (χ3n) is 3.70. The van der Waals surface area contributed by atoms with Crippen LogP contribution in [0.25, 0.3) is 11.3 Å². The van der Waals surface area contributed by atoms with Gasteiger partial charge in [0.25, 0.3) is 11.6 Å². The van der Waals surface area contributed by atoms with Crippen molar-refractivity contribution in [2.24, 2.45) is 0 Å². The van der Waals surface area contributed by atoms with E-state index in [0.717, 1.165) is 11.6 Å². The number of halogens is 1. The summed E-state index contributed by atoms with van der Waals surface area (Å²) in [6.07, 6.45) is 0. The van der Waals surface area contributed by atoms with Gasteiger partial charge in [0, 0.05) is 22.2 Å². The zero-order valence-electron chi connectivity index (χ0n) is 13.4. The van der Waals surface area contributed by atoms with Gasteiger partial charge in [-0.15, -0.1) is 0 Å². The van der Waals surface area contributed by atoms with E-state index in [1.165, 1.54) is 12.1 Å². The number of nitrogens with zero attached hydrogens (tertiary/aromatic N) is 1. The van der Waals surface area contributed by atoms with Crippen molar-refractivity contribution >= 4 is 28.9 Å². The largest absolute Gasteiger partial charge is 0.459 e. The SMILES string of the molecule is Nc1ccc(C(=O)NCc2ccc(-c3ccc(Cl)cc3)o2)cc1[N+](=O)[O-]. The number of rotatable bonds is 5. The lowest BCUT2D eigenvalue weighted by Crippen LogP contribution is -2.22. The maximum atomic E-state index is 12.2. The predicted octanol–water partition coefficient (Wildman–Crippen LogP) is 4.02. The van der Waals surface area contributed by atoms with Crippen molar-refractivity contribution in [3.63, 3.8) is 0 Å². The second kappa shape index (κ2) is 7.28. The highest BCUT2D eigenvalue weighted by molar-refractivity contribution is 6.30. The van der Waals surface area contributed by atoms with Crippen LogP contribution in [0.2, 0.25) is 5.02 Å². The number of nitro groups is 1. The summed E-state index contributed by atoms with van der Waals surface area (Å²) in [5.74, 6) is 0.736. The molecule has 0 radical (unpaired) electrons. The van der Waals surface area contributed by atoms with Gasteiger partial charge >= 0.3 is 0 Å². The molecule has 3 N–H and O–H groups in total. The third kappa shape index (κ3) is 3.84. The second-order valence-corrected chi connectivity index (χ2v) is 5.92. The number of carbonyl (C=O) groups excluding carboxylic acids is 1. The quantitative estimate of drug-likeness (QED) is 0.399. The molecule has 0 fully saturated rings. The lowest BCUT2D eigenvalue weighted by molar-refractivity contribution is -0.383. The maximum Gasteiger partial charge on any atom is 0.292 e. The van der Waals surface area contributed by atoms with E-state index in [4.69, 9.17) is 21.8 Å². The molecule has 8 heteroatoms. The van der Waals surface area contributed by atoms with Gasteiger partial charge < -0.3 is 15.5 Å². The number of carbonyl (C=O) groups is 1. The lowest BCUT2D eigenvalue weighted by Gasteiger charge is -2.05. The van der Waals surface area contributed by atoms with E-state index < -0.39 is 10.8 Å². The van der Waals surface area contributed by atoms with E-state index in [1.54, 1.807) is 24.3 Å². The molecule has 0 atom stereocenters. The molecule has 132 valence electrons. The van der Waals surface area contributed by atoms with Gasteiger partial charge in [0.05, 0.1) is 11.5 Å². The van der Waals surface area contributed by atoms with E-state index in [1.807, 2.05) is 12.1 Å². The third-order valence-corrected chi connectivity index (χ3v) is 3.95. The molecule has 3 aromatic rings. The fraction of sp³-hybridized carbons (Fsp3) is 0.0556. The van der Waals surface area contributed by atoms with Crippen LogP contribution in [0.5, 0.6) is 0 Å². The zero-order valence-corrected chi connectivity index (χ0v) is 14.2. The molecule has 2 aromatic carbocycles. The Kier molecular flexibility index (Phi) is 4.90. The number of nitrogens with one attached hydrogen (secondary N) is 1. The van der Waals surface area contributed by atoms with Crippen molar-refractivity contribution in [2.75, 3.05) is 5.73 Å². The summed E-state index contributed by atoms with van der Waals surface area (Å²) in [4.78, 5) is 22.5. The smallest absolute Gasteiger partial charge is 0.292 e. The molecule has 0 aliphatic rings. The summed E-state index contributed by atoms with van der Waals surface area (Å²) in [5.41, 5.74) is 6.24. The first kappa shape index (κ1) is 17.5. The Morgan fingerprint density at radius 1 is 1.15 bits per heavy atom. The molecule has 3 rings (SSSR count). The van der Waals surface area contributed by atoms with Crippen LogP contribution >= 0.6 is 11.6 Å². The average Bonchev–Trinajstić information content (AvgIpc) is 3.09. The fourth-order valence-corrected chi connectivity index (χ4v) is 2.48. The summed E-state index contributed by atoms with van der Waals surface area (Å²) in [7, 11) is 0. The Morgan fingerprint density at radius 3 is 2.58 bits per heavy atom. The normalized spacial score (nSPS) is 10.5. The van der Waals surface area contributed by atoms with Crippen molar-refractivity contribution in [3.05, 3.63) is 81.1 Å². The number of anilines is 1. The number of hydrogen-bond acceptors (Lipinski definition) is 5. The topological polar surface area (TPSA) is 111 Å². The minimum absolute atomic E-state index is 0.00481. The number of amides is 1. The van der Waals surface area contributed by atoms with Gasteiger partial charge in [-0.25, -0.2) is 0 Å². The summed E-state index contributed by atoms with van der Waals surface area (Å²) in [5, 5.41) is 14.2. The molecule has 0 bridgehead atoms. The van der Waals surface area contributed by atoms with Crippen molar-refractivity contribution in [1.82, 2.24) is 5.32 Å². The zero-order chi connectivity index (χ0) is 18.7. The molecule has 0 saturated carbocycles. The van der Waals surface area contributed by atoms with E-state index in [9.17, 15) is 14.9 Å². The van der Waals surface area contributed by atoms with E-state index in [0.29, 0.717) is 16.5 Å². The van der Waals surface area contributed by atoms with Gasteiger partial charge in [-0.3, -0.25) is 14.9 Å². The van der Waals surface area contributed by atoms with Crippen molar-refractivity contribution in [3.8, 4) is 11.3 Å². The monoisotopic (exact) mass is 371 g/mol. The van der Waals surface area contributed by atoms with Crippen LogP contribution in [0.4, 0.5) is 11.4 Å². The Hall–Kier alpha value is -3.32. The molecule has 0 spiro atoms. The molecule has 1 heterocycles. The second-order valence-electron chi connectivity index (χ2n) is 5.49. The minimum Gasteiger partial charge on any atom is -0.459 e. The summed E-state index contributed by atoms with van der Waals surface area (Å²) >= 11 is 5.86. The van der Waals surface area contributed by atoms with Crippen molar-refractivity contribution < 1.29 is 14.1 Å². The Bertz CT molecular complexity index is 967. The van der Waals surface area contributed by atoms with Gasteiger partial charge in [0.15, 0.2) is 0 Å². The molecule has 1 amide bonds. The lowest BCUT2D eigenvalue weighted by atomic mass is 10.1. The van der Waals surface area contributed by atoms with Crippen LogP contribution in [0.1, 0.15) is 16.1 Å².